The van der Waals surface area contributed by atoms with E-state index in [4.69, 9.17) is 23.1 Å². The molecular formula is C19H19ClN8O5S4. The second-order valence-electron chi connectivity index (χ2n) is 7.41. The van der Waals surface area contributed by atoms with Crippen LogP contribution in [0.25, 0.3) is 0 Å². The highest BCUT2D eigenvalue weighted by Crippen LogP contribution is 2.45. The Labute approximate surface area is 231 Å². The first-order valence-electron chi connectivity index (χ1n) is 10.4. The molecule has 7 N–H and O–H groups in total. The van der Waals surface area contributed by atoms with Gasteiger partial charge in [-0.3, -0.25) is 14.5 Å². The van der Waals surface area contributed by atoms with E-state index >= 15 is 0 Å². The number of hydrogen-bond donors (Lipinski definition) is 5. The maximum atomic E-state index is 13.0. The third kappa shape index (κ3) is 5.65. The summed E-state index contributed by atoms with van der Waals surface area (Å²) in [5, 5.41) is 24.7. The number of pyridine rings is 1. The molecule has 2 amide bonds. The van der Waals surface area contributed by atoms with Crippen molar-refractivity contribution >= 4 is 87.9 Å². The van der Waals surface area contributed by atoms with E-state index in [1.54, 1.807) is 11.8 Å². The van der Waals surface area contributed by atoms with Crippen LogP contribution in [-0.2, 0) is 20.1 Å². The van der Waals surface area contributed by atoms with Crippen LogP contribution in [0.5, 0.6) is 0 Å². The Morgan fingerprint density at radius 3 is 2.84 bits per heavy atom. The summed E-state index contributed by atoms with van der Waals surface area (Å²) in [4.78, 5) is 43.5. The summed E-state index contributed by atoms with van der Waals surface area (Å²) in [5.74, 6) is -1.18. The normalized spacial score (nSPS) is 19.5. The first-order chi connectivity index (χ1) is 17.8. The van der Waals surface area contributed by atoms with Gasteiger partial charge in [0.05, 0.1) is 22.4 Å². The lowest BCUT2D eigenvalue weighted by Gasteiger charge is -2.49. The van der Waals surface area contributed by atoms with Gasteiger partial charge in [0.15, 0.2) is 5.71 Å². The highest BCUT2D eigenvalue weighted by molar-refractivity contribution is 8.06. The number of aromatic nitrogens is 3. The minimum Gasteiger partial charge on any atom is -0.477 e. The Morgan fingerprint density at radius 2 is 2.14 bits per heavy atom. The predicted octanol–water partition coefficient (Wildman–Crippen LogP) is 1.03. The number of carbonyl (C=O) groups is 3. The van der Waals surface area contributed by atoms with Crippen molar-refractivity contribution in [2.75, 3.05) is 23.8 Å². The van der Waals surface area contributed by atoms with Crippen LogP contribution in [0.2, 0.25) is 5.02 Å². The Hall–Kier alpha value is -2.57. The molecule has 4 rings (SSSR count). The van der Waals surface area contributed by atoms with Crippen LogP contribution in [0.4, 0.5) is 5.82 Å². The van der Waals surface area contributed by atoms with Crippen LogP contribution >= 0.6 is 58.6 Å². The van der Waals surface area contributed by atoms with Crippen molar-refractivity contribution < 1.29 is 24.7 Å². The molecular weight excluding hydrogens is 584 g/mol. The summed E-state index contributed by atoms with van der Waals surface area (Å²) in [6.07, 6.45) is 0. The number of halogens is 1. The molecule has 0 radical (unpaired) electrons. The van der Waals surface area contributed by atoms with Gasteiger partial charge >= 0.3 is 5.97 Å². The van der Waals surface area contributed by atoms with Crippen LogP contribution < -0.4 is 16.8 Å². The van der Waals surface area contributed by atoms with E-state index in [-0.39, 0.29) is 28.0 Å². The van der Waals surface area contributed by atoms with Gasteiger partial charge in [0.1, 0.15) is 33.7 Å². The van der Waals surface area contributed by atoms with E-state index in [1.807, 2.05) is 0 Å². The number of amides is 2. The summed E-state index contributed by atoms with van der Waals surface area (Å²) >= 11 is 11.1. The zero-order chi connectivity index (χ0) is 26.7. The minimum atomic E-state index is -1.28. The van der Waals surface area contributed by atoms with Gasteiger partial charge in [-0.2, -0.15) is 20.5 Å². The molecule has 1 saturated heterocycles. The average Bonchev–Trinajstić information content (AvgIpc) is 3.31. The maximum Gasteiger partial charge on any atom is 0.353 e. The van der Waals surface area contributed by atoms with Crippen molar-refractivity contribution in [1.29, 1.82) is 0 Å². The maximum absolute atomic E-state index is 13.0. The van der Waals surface area contributed by atoms with Crippen LogP contribution in [0.15, 0.2) is 32.9 Å². The molecule has 2 aliphatic rings. The fraction of sp³-hybridized carbons (Fsp3) is 0.316. The first-order valence-corrected chi connectivity index (χ1v) is 14.5. The first kappa shape index (κ1) is 27.5. The van der Waals surface area contributed by atoms with Crippen molar-refractivity contribution in [2.45, 2.75) is 22.2 Å². The van der Waals surface area contributed by atoms with E-state index in [1.165, 1.54) is 23.9 Å². The van der Waals surface area contributed by atoms with E-state index in [9.17, 15) is 24.7 Å². The largest absolute Gasteiger partial charge is 0.477 e. The molecule has 0 bridgehead atoms. The zero-order valence-electron chi connectivity index (χ0n) is 18.7. The van der Waals surface area contributed by atoms with Crippen LogP contribution in [0.1, 0.15) is 11.4 Å². The lowest BCUT2D eigenvalue weighted by molar-refractivity contribution is -0.150. The monoisotopic (exact) mass is 602 g/mol. The fourth-order valence-corrected chi connectivity index (χ4v) is 7.67. The molecule has 1 fully saturated rings. The predicted molar refractivity (Wildman–Crippen MR) is 143 cm³/mol. The van der Waals surface area contributed by atoms with Crippen molar-refractivity contribution in [1.82, 2.24) is 23.9 Å². The fourth-order valence-electron chi connectivity index (χ4n) is 3.44. The third-order valence-electron chi connectivity index (χ3n) is 5.07. The summed E-state index contributed by atoms with van der Waals surface area (Å²) in [7, 11) is 0. The molecule has 18 heteroatoms. The number of hydrogen-bond acceptors (Lipinski definition) is 14. The highest BCUT2D eigenvalue weighted by atomic mass is 35.5. The Morgan fingerprint density at radius 1 is 1.35 bits per heavy atom. The lowest BCUT2D eigenvalue weighted by Crippen LogP contribution is -2.71. The number of anilines is 1. The van der Waals surface area contributed by atoms with Crippen molar-refractivity contribution in [3.63, 3.8) is 0 Å². The minimum absolute atomic E-state index is 0.0147. The van der Waals surface area contributed by atoms with Crippen LogP contribution in [-0.4, -0.2) is 81.9 Å². The number of thioether (sulfide) groups is 3. The number of carboxylic acid groups (broad SMARTS) is 1. The molecule has 2 atom stereocenters. The third-order valence-corrected chi connectivity index (χ3v) is 9.63. The standard InChI is InChI=1S/C19H19ClN8O5S4/c20-7-1-2-10(22)23-11(7)12(25-33)15(29)24-13-17(30)28-14(19(31)32)9(6-35-18(13)28)36-16-8(26-37-27-16)5-34-4-3-21/h1-2,13,18,33H,3-6,21H2,(H2,22,23)(H,24,29)(H,31,32)/b25-12-/t13-,18+/m1/s1. The number of nitrogen functional groups attached to an aromatic ring is 1. The summed E-state index contributed by atoms with van der Waals surface area (Å²) in [5.41, 5.74) is 11.0. The second-order valence-corrected chi connectivity index (χ2v) is 11.6. The highest BCUT2D eigenvalue weighted by Gasteiger charge is 2.54. The van der Waals surface area contributed by atoms with E-state index in [0.29, 0.717) is 22.2 Å². The zero-order valence-corrected chi connectivity index (χ0v) is 22.7. The number of nitrogens with one attached hydrogen (secondary N) is 1. The molecule has 196 valence electrons. The summed E-state index contributed by atoms with van der Waals surface area (Å²) in [6.45, 7) is 0.528. The second kappa shape index (κ2) is 11.9. The number of nitrogens with zero attached hydrogens (tertiary/aromatic N) is 5. The van der Waals surface area contributed by atoms with Gasteiger partial charge in [0.25, 0.3) is 11.8 Å². The molecule has 2 aromatic rings. The average molecular weight is 603 g/mol. The van der Waals surface area contributed by atoms with Crippen molar-refractivity contribution in [3.05, 3.63) is 39.1 Å². The smallest absolute Gasteiger partial charge is 0.353 e. The van der Waals surface area contributed by atoms with E-state index in [2.05, 4.69) is 24.2 Å². The topological polar surface area (TPSA) is 210 Å². The summed E-state index contributed by atoms with van der Waals surface area (Å²) in [6, 6.07) is 1.73. The molecule has 0 aromatic carbocycles. The van der Waals surface area contributed by atoms with Gasteiger partial charge in [0.2, 0.25) is 0 Å². The van der Waals surface area contributed by atoms with Crippen LogP contribution in [0.3, 0.4) is 0 Å². The Kier molecular flexibility index (Phi) is 8.81. The van der Waals surface area contributed by atoms with Gasteiger partial charge in [-0.05, 0) is 12.1 Å². The molecule has 0 spiro atoms. The number of rotatable bonds is 10. The number of carbonyl (C=O) groups excluding carboxylic acids is 2. The van der Waals surface area contributed by atoms with Gasteiger partial charge in [-0.1, -0.05) is 28.5 Å². The Bertz CT molecular complexity index is 1310. The van der Waals surface area contributed by atoms with Gasteiger partial charge < -0.3 is 27.1 Å². The lowest BCUT2D eigenvalue weighted by atomic mass is 10.0. The quantitative estimate of drug-likeness (QED) is 0.0846. The Balaban J connectivity index is 1.51. The number of aliphatic carboxylic acids is 1. The molecule has 0 saturated carbocycles. The summed E-state index contributed by atoms with van der Waals surface area (Å²) < 4.78 is 8.56. The van der Waals surface area contributed by atoms with E-state index < -0.39 is 34.9 Å². The van der Waals surface area contributed by atoms with Crippen molar-refractivity contribution in [2.24, 2.45) is 10.9 Å². The molecule has 0 unspecified atom stereocenters. The molecule has 2 aliphatic heterocycles. The molecule has 13 nitrogen and oxygen atoms in total. The SMILES string of the molecule is NCCSCc1nsnc1SC1=C(C(=O)O)N2C(=O)[C@@H](NC(=O)/C(=N\O)c3nc(N)ccc3Cl)[C@@H]2SC1. The molecule has 0 aliphatic carbocycles. The van der Waals surface area contributed by atoms with E-state index in [0.717, 1.165) is 39.8 Å². The molecule has 2 aromatic heterocycles. The molecule has 37 heavy (non-hydrogen) atoms. The van der Waals surface area contributed by atoms with Gasteiger partial charge in [0, 0.05) is 28.7 Å². The number of fused-ring (bicyclic) bond motifs is 1. The van der Waals surface area contributed by atoms with Crippen molar-refractivity contribution in [3.8, 4) is 0 Å². The number of oxime groups is 1. The van der Waals surface area contributed by atoms with Gasteiger partial charge in [-0.15, -0.1) is 11.8 Å². The van der Waals surface area contributed by atoms with Gasteiger partial charge in [-0.25, -0.2) is 9.78 Å². The number of β-lactam (4-membered cyclic amide) rings is 1. The number of nitrogens with two attached hydrogens (primary N) is 2. The number of carboxylic acids is 1. The van der Waals surface area contributed by atoms with Crippen LogP contribution in [0, 0.1) is 0 Å². The molecule has 4 heterocycles.